The maximum absolute atomic E-state index is 12.4. The summed E-state index contributed by atoms with van der Waals surface area (Å²) in [6.45, 7) is 4.00. The van der Waals surface area contributed by atoms with E-state index in [-0.39, 0.29) is 11.1 Å². The lowest BCUT2D eigenvalue weighted by molar-refractivity contribution is 0.415. The summed E-state index contributed by atoms with van der Waals surface area (Å²) in [5.74, 6) is 0.745. The van der Waals surface area contributed by atoms with Crippen molar-refractivity contribution in [2.75, 3.05) is 7.11 Å². The zero-order valence-electron chi connectivity index (χ0n) is 14.4. The lowest BCUT2D eigenvalue weighted by Crippen LogP contribution is -2.13. The van der Waals surface area contributed by atoms with Gasteiger partial charge >= 0.3 is 0 Å². The normalized spacial score (nSPS) is 10.3. The van der Waals surface area contributed by atoms with Crippen molar-refractivity contribution >= 4 is 0 Å². The first-order chi connectivity index (χ1) is 12.0. The highest BCUT2D eigenvalue weighted by Gasteiger charge is 2.14. The average Bonchev–Trinajstić information content (AvgIpc) is 2.61. The minimum absolute atomic E-state index is 0.129. The number of benzene rings is 2. The molecule has 0 bridgehead atoms. The van der Waals surface area contributed by atoms with Crippen molar-refractivity contribution < 1.29 is 4.74 Å². The average molecular weight is 330 g/mol. The summed E-state index contributed by atoms with van der Waals surface area (Å²) in [5.41, 5.74) is 4.98. The van der Waals surface area contributed by atoms with Gasteiger partial charge < -0.3 is 9.72 Å². The van der Waals surface area contributed by atoms with Crippen LogP contribution in [0, 0.1) is 25.2 Å². The molecule has 0 saturated heterocycles. The van der Waals surface area contributed by atoms with Gasteiger partial charge in [-0.25, -0.2) is 0 Å². The van der Waals surface area contributed by atoms with E-state index < -0.39 is 0 Å². The predicted octanol–water partition coefficient (Wildman–Crippen LogP) is 4.21. The molecule has 0 amide bonds. The van der Waals surface area contributed by atoms with Gasteiger partial charge in [0.2, 0.25) is 0 Å². The minimum Gasteiger partial charge on any atom is -0.497 e. The largest absolute Gasteiger partial charge is 0.497 e. The highest BCUT2D eigenvalue weighted by atomic mass is 16.5. The van der Waals surface area contributed by atoms with E-state index >= 15 is 0 Å². The Morgan fingerprint density at radius 3 is 2.32 bits per heavy atom. The molecular weight excluding hydrogens is 312 g/mol. The van der Waals surface area contributed by atoms with Gasteiger partial charge in [0.05, 0.1) is 7.11 Å². The molecular formula is C21H18N2O2. The number of aromatic nitrogens is 1. The Bertz CT molecular complexity index is 1030. The Morgan fingerprint density at radius 1 is 1.00 bits per heavy atom. The Labute approximate surface area is 146 Å². The third-order valence-electron chi connectivity index (χ3n) is 4.22. The van der Waals surface area contributed by atoms with Crippen LogP contribution in [-0.2, 0) is 0 Å². The van der Waals surface area contributed by atoms with Crippen molar-refractivity contribution in [3.8, 4) is 34.2 Å². The number of aromatic amines is 1. The number of H-pyrrole nitrogens is 1. The van der Waals surface area contributed by atoms with Crippen LogP contribution in [0.5, 0.6) is 5.75 Å². The molecule has 1 aromatic heterocycles. The topological polar surface area (TPSA) is 65.9 Å². The molecule has 124 valence electrons. The summed E-state index contributed by atoms with van der Waals surface area (Å²) in [7, 11) is 1.61. The van der Waals surface area contributed by atoms with Crippen LogP contribution in [0.15, 0.2) is 53.3 Å². The van der Waals surface area contributed by atoms with Gasteiger partial charge in [0.1, 0.15) is 17.4 Å². The highest BCUT2D eigenvalue weighted by Crippen LogP contribution is 2.29. The smallest absolute Gasteiger partial charge is 0.266 e. The number of methoxy groups -OCH3 is 1. The Morgan fingerprint density at radius 2 is 1.72 bits per heavy atom. The van der Waals surface area contributed by atoms with Gasteiger partial charge in [0.25, 0.3) is 5.56 Å². The standard InChI is InChI=1S/C21H18N2O2/c1-13-4-9-17(14(2)10-13)18-11-20(23-21(24)19(18)12-22)15-5-7-16(25-3)8-6-15/h4-11H,1-3H3,(H,23,24). The summed E-state index contributed by atoms with van der Waals surface area (Å²) in [4.78, 5) is 15.2. The second-order valence-electron chi connectivity index (χ2n) is 5.96. The molecule has 0 aliphatic carbocycles. The molecule has 25 heavy (non-hydrogen) atoms. The molecule has 4 nitrogen and oxygen atoms in total. The monoisotopic (exact) mass is 330 g/mol. The summed E-state index contributed by atoms with van der Waals surface area (Å²) in [5, 5.41) is 9.45. The zero-order valence-corrected chi connectivity index (χ0v) is 14.4. The van der Waals surface area contributed by atoms with Crippen LogP contribution in [-0.4, -0.2) is 12.1 Å². The van der Waals surface area contributed by atoms with Crippen LogP contribution >= 0.6 is 0 Å². The van der Waals surface area contributed by atoms with Gasteiger partial charge in [-0.05, 0) is 60.9 Å². The van der Waals surface area contributed by atoms with E-state index in [1.807, 2.05) is 68.4 Å². The molecule has 0 aliphatic heterocycles. The molecule has 0 fully saturated rings. The van der Waals surface area contributed by atoms with E-state index in [9.17, 15) is 10.1 Å². The summed E-state index contributed by atoms with van der Waals surface area (Å²) >= 11 is 0. The second-order valence-corrected chi connectivity index (χ2v) is 5.96. The highest BCUT2D eigenvalue weighted by molar-refractivity contribution is 5.77. The molecule has 3 rings (SSSR count). The molecule has 0 saturated carbocycles. The van der Waals surface area contributed by atoms with Gasteiger partial charge in [-0.15, -0.1) is 0 Å². The number of ether oxygens (including phenoxy) is 1. The van der Waals surface area contributed by atoms with Crippen molar-refractivity contribution in [3.05, 3.63) is 75.6 Å². The van der Waals surface area contributed by atoms with E-state index in [0.717, 1.165) is 28.0 Å². The van der Waals surface area contributed by atoms with Gasteiger partial charge in [-0.1, -0.05) is 23.8 Å². The van der Waals surface area contributed by atoms with E-state index in [2.05, 4.69) is 4.98 Å². The molecule has 4 heteroatoms. The quantitative estimate of drug-likeness (QED) is 0.782. The summed E-state index contributed by atoms with van der Waals surface area (Å²) < 4.78 is 5.17. The molecule has 0 aliphatic rings. The second kappa shape index (κ2) is 6.66. The number of nitrogens with zero attached hydrogens (tertiary/aromatic N) is 1. The van der Waals surface area contributed by atoms with E-state index in [1.165, 1.54) is 0 Å². The van der Waals surface area contributed by atoms with Crippen molar-refractivity contribution in [3.63, 3.8) is 0 Å². The van der Waals surface area contributed by atoms with E-state index in [1.54, 1.807) is 7.11 Å². The summed E-state index contributed by atoms with van der Waals surface area (Å²) in [6.07, 6.45) is 0. The molecule has 3 aromatic rings. The predicted molar refractivity (Wildman–Crippen MR) is 98.7 cm³/mol. The lowest BCUT2D eigenvalue weighted by atomic mass is 9.94. The number of nitrogens with one attached hydrogen (secondary N) is 1. The fourth-order valence-electron chi connectivity index (χ4n) is 2.93. The number of aryl methyl sites for hydroxylation is 2. The van der Waals surface area contributed by atoms with Gasteiger partial charge in [-0.3, -0.25) is 4.79 Å². The first kappa shape index (κ1) is 16.5. The fraction of sp³-hybridized carbons (Fsp3) is 0.143. The molecule has 0 radical (unpaired) electrons. The Kier molecular flexibility index (Phi) is 4.40. The molecule has 0 spiro atoms. The number of rotatable bonds is 3. The third-order valence-corrected chi connectivity index (χ3v) is 4.22. The van der Waals surface area contributed by atoms with E-state index in [4.69, 9.17) is 4.74 Å². The van der Waals surface area contributed by atoms with Crippen LogP contribution < -0.4 is 10.3 Å². The van der Waals surface area contributed by atoms with Crippen LogP contribution in [0.3, 0.4) is 0 Å². The first-order valence-corrected chi connectivity index (χ1v) is 7.93. The van der Waals surface area contributed by atoms with Gasteiger partial charge in [-0.2, -0.15) is 5.26 Å². The Balaban J connectivity index is 2.22. The molecule has 0 atom stereocenters. The third kappa shape index (κ3) is 3.17. The van der Waals surface area contributed by atoms with Crippen LogP contribution in [0.4, 0.5) is 0 Å². The maximum atomic E-state index is 12.4. The van der Waals surface area contributed by atoms with Crippen molar-refractivity contribution in [1.82, 2.24) is 4.98 Å². The molecule has 1 N–H and O–H groups in total. The van der Waals surface area contributed by atoms with Crippen LogP contribution in [0.1, 0.15) is 16.7 Å². The number of nitriles is 1. The van der Waals surface area contributed by atoms with E-state index in [0.29, 0.717) is 11.3 Å². The molecule has 2 aromatic carbocycles. The van der Waals surface area contributed by atoms with Crippen molar-refractivity contribution in [2.24, 2.45) is 0 Å². The molecule has 0 unspecified atom stereocenters. The van der Waals surface area contributed by atoms with Gasteiger partial charge in [0.15, 0.2) is 0 Å². The summed E-state index contributed by atoms with van der Waals surface area (Å²) in [6, 6.07) is 17.3. The van der Waals surface area contributed by atoms with Crippen LogP contribution in [0.2, 0.25) is 0 Å². The maximum Gasteiger partial charge on any atom is 0.266 e. The Hall–Kier alpha value is -3.32. The minimum atomic E-state index is -0.384. The zero-order chi connectivity index (χ0) is 18.0. The number of pyridine rings is 1. The number of hydrogen-bond donors (Lipinski definition) is 1. The number of hydrogen-bond acceptors (Lipinski definition) is 3. The first-order valence-electron chi connectivity index (χ1n) is 7.93. The SMILES string of the molecule is COc1ccc(-c2cc(-c3ccc(C)cc3C)c(C#N)c(=O)[nH]2)cc1. The van der Waals surface area contributed by atoms with Crippen molar-refractivity contribution in [1.29, 1.82) is 5.26 Å². The lowest BCUT2D eigenvalue weighted by Gasteiger charge is -2.11. The van der Waals surface area contributed by atoms with Crippen LogP contribution in [0.25, 0.3) is 22.4 Å². The molecule has 1 heterocycles. The fourth-order valence-corrected chi connectivity index (χ4v) is 2.93. The van der Waals surface area contributed by atoms with Crippen molar-refractivity contribution in [2.45, 2.75) is 13.8 Å². The van der Waals surface area contributed by atoms with Gasteiger partial charge in [0, 0.05) is 11.3 Å².